The molecule has 0 nitrogen and oxygen atoms in total. The maximum Gasteiger partial charge on any atom is 0.247 e. The van der Waals surface area contributed by atoms with E-state index in [0.717, 1.165) is 0 Å². The number of alkyl halides is 2. The summed E-state index contributed by atoms with van der Waals surface area (Å²) in [5, 5.41) is 0. The van der Waals surface area contributed by atoms with Gasteiger partial charge in [0.15, 0.2) is 0 Å². The minimum absolute atomic E-state index is 0.158. The van der Waals surface area contributed by atoms with Gasteiger partial charge in [0.1, 0.15) is 0 Å². The van der Waals surface area contributed by atoms with Crippen LogP contribution in [0.25, 0.3) is 0 Å². The maximum absolute atomic E-state index is 11.5. The minimum Gasteiger partial charge on any atom is -0.210 e. The molecule has 0 amide bonds. The molecule has 0 radical (unpaired) electrons. The largest absolute Gasteiger partial charge is 0.247 e. The van der Waals surface area contributed by atoms with Gasteiger partial charge in [-0.15, -0.1) is 0 Å². The highest BCUT2D eigenvalue weighted by Crippen LogP contribution is 2.46. The Balaban J connectivity index is 3.39. The predicted molar refractivity (Wildman–Crippen MR) is 36.2 cm³/mol. The molecule has 0 heterocycles. The molecule has 0 unspecified atom stereocenters. The van der Waals surface area contributed by atoms with Crippen molar-refractivity contribution in [3.63, 3.8) is 0 Å². The molecule has 0 aromatic rings. The summed E-state index contributed by atoms with van der Waals surface area (Å²) in [5.74, 6) is -0.158. The summed E-state index contributed by atoms with van der Waals surface area (Å²) in [6.45, 7) is 0. The zero-order valence-electron chi connectivity index (χ0n) is 4.83. The SMILES string of the molecule is CS(C)(Cl)CC(F)F. The molecule has 0 bridgehead atoms. The van der Waals surface area contributed by atoms with E-state index in [4.69, 9.17) is 10.7 Å². The van der Waals surface area contributed by atoms with Gasteiger partial charge < -0.3 is 0 Å². The minimum atomic E-state index is -2.25. The Bertz CT molecular complexity index is 68.9. The lowest BCUT2D eigenvalue weighted by Crippen LogP contribution is -2.02. The Morgan fingerprint density at radius 1 is 1.50 bits per heavy atom. The average molecular weight is 163 g/mol. The van der Waals surface area contributed by atoms with Crippen molar-refractivity contribution in [1.82, 2.24) is 0 Å². The van der Waals surface area contributed by atoms with Crippen LogP contribution in [0.2, 0.25) is 0 Å². The molecular formula is C4H9ClF2S. The van der Waals surface area contributed by atoms with Crippen molar-refractivity contribution in [3.05, 3.63) is 0 Å². The Hall–Kier alpha value is 0.500. The zero-order valence-corrected chi connectivity index (χ0v) is 6.40. The van der Waals surface area contributed by atoms with Crippen LogP contribution in [0.1, 0.15) is 0 Å². The lowest BCUT2D eigenvalue weighted by atomic mass is 10.9. The Morgan fingerprint density at radius 3 is 1.88 bits per heavy atom. The normalized spacial score (nSPS) is 14.8. The first-order chi connectivity index (χ1) is 3.42. The van der Waals surface area contributed by atoms with Crippen LogP contribution in [0.4, 0.5) is 8.78 Å². The van der Waals surface area contributed by atoms with Crippen LogP contribution in [-0.4, -0.2) is 24.7 Å². The van der Waals surface area contributed by atoms with Crippen molar-refractivity contribution in [3.8, 4) is 0 Å². The van der Waals surface area contributed by atoms with E-state index in [1.54, 1.807) is 12.5 Å². The summed E-state index contributed by atoms with van der Waals surface area (Å²) in [6, 6.07) is 0. The first-order valence-electron chi connectivity index (χ1n) is 2.10. The molecule has 0 aliphatic carbocycles. The van der Waals surface area contributed by atoms with Crippen LogP contribution in [0.5, 0.6) is 0 Å². The molecule has 4 heteroatoms. The van der Waals surface area contributed by atoms with E-state index in [2.05, 4.69) is 0 Å². The van der Waals surface area contributed by atoms with Crippen LogP contribution in [0.15, 0.2) is 0 Å². The van der Waals surface area contributed by atoms with E-state index >= 15 is 0 Å². The Kier molecular flexibility index (Phi) is 3.05. The third-order valence-corrected chi connectivity index (χ3v) is 1.94. The second kappa shape index (κ2) is 2.87. The number of hydrogen-bond donors (Lipinski definition) is 0. The van der Waals surface area contributed by atoms with Gasteiger partial charge in [-0.2, -0.15) is 9.24 Å². The molecule has 8 heavy (non-hydrogen) atoms. The van der Waals surface area contributed by atoms with Gasteiger partial charge >= 0.3 is 0 Å². The van der Waals surface area contributed by atoms with Gasteiger partial charge in [0.2, 0.25) is 6.43 Å². The lowest BCUT2D eigenvalue weighted by Gasteiger charge is -2.20. The molecule has 0 rings (SSSR count). The van der Waals surface area contributed by atoms with E-state index in [9.17, 15) is 8.78 Å². The van der Waals surface area contributed by atoms with Gasteiger partial charge in [-0.1, -0.05) is 10.7 Å². The molecule has 0 saturated carbocycles. The van der Waals surface area contributed by atoms with Crippen LogP contribution in [0, 0.1) is 0 Å². The first kappa shape index (κ1) is 8.50. The topological polar surface area (TPSA) is 0 Å². The molecule has 0 aromatic heterocycles. The van der Waals surface area contributed by atoms with Gasteiger partial charge in [-0.25, -0.2) is 8.78 Å². The highest BCUT2D eigenvalue weighted by atomic mass is 35.7. The quantitative estimate of drug-likeness (QED) is 0.585. The first-order valence-corrected chi connectivity index (χ1v) is 5.55. The summed E-state index contributed by atoms with van der Waals surface area (Å²) < 4.78 is 22.9. The molecule has 0 aromatic carbocycles. The number of rotatable bonds is 2. The highest BCUT2D eigenvalue weighted by molar-refractivity contribution is 8.50. The van der Waals surface area contributed by atoms with E-state index in [1.807, 2.05) is 0 Å². The van der Waals surface area contributed by atoms with Crippen molar-refractivity contribution >= 4 is 19.9 Å². The Labute approximate surface area is 54.0 Å². The third kappa shape index (κ3) is 6.50. The van der Waals surface area contributed by atoms with Crippen LogP contribution in [-0.2, 0) is 0 Å². The third-order valence-electron chi connectivity index (χ3n) is 0.522. The fraction of sp³-hybridized carbons (Fsp3) is 1.00. The molecule has 0 aliphatic rings. The van der Waals surface area contributed by atoms with E-state index in [0.29, 0.717) is 0 Å². The van der Waals surface area contributed by atoms with Crippen molar-refractivity contribution in [2.75, 3.05) is 18.3 Å². The van der Waals surface area contributed by atoms with Crippen LogP contribution >= 0.6 is 19.9 Å². The van der Waals surface area contributed by atoms with Crippen LogP contribution in [0.3, 0.4) is 0 Å². The molecule has 0 aliphatic heterocycles. The monoisotopic (exact) mass is 162 g/mol. The summed E-state index contributed by atoms with van der Waals surface area (Å²) in [4.78, 5) is 0. The standard InChI is InChI=1S/C4H9ClF2S/c1-8(2,5)3-4(6)7/h4H,3H2,1-2H3. The van der Waals surface area contributed by atoms with Crippen LogP contribution < -0.4 is 0 Å². The summed E-state index contributed by atoms with van der Waals surface area (Å²) in [6.07, 6.45) is 1.05. The van der Waals surface area contributed by atoms with E-state index in [1.165, 1.54) is 0 Å². The van der Waals surface area contributed by atoms with Gasteiger partial charge in [-0.3, -0.25) is 0 Å². The number of halogens is 3. The van der Waals surface area contributed by atoms with Gasteiger partial charge in [0.05, 0.1) is 5.75 Å². The second-order valence-electron chi connectivity index (χ2n) is 1.96. The van der Waals surface area contributed by atoms with Gasteiger partial charge in [0.25, 0.3) is 0 Å². The molecule has 52 valence electrons. The highest BCUT2D eigenvalue weighted by Gasteiger charge is 2.13. The van der Waals surface area contributed by atoms with Crippen molar-refractivity contribution in [2.24, 2.45) is 0 Å². The van der Waals surface area contributed by atoms with E-state index in [-0.39, 0.29) is 5.75 Å². The van der Waals surface area contributed by atoms with Crippen molar-refractivity contribution < 1.29 is 8.78 Å². The molecule has 0 saturated heterocycles. The van der Waals surface area contributed by atoms with Gasteiger partial charge in [-0.05, 0) is 12.5 Å². The second-order valence-corrected chi connectivity index (χ2v) is 7.61. The summed E-state index contributed by atoms with van der Waals surface area (Å²) in [5.41, 5.74) is 0. The van der Waals surface area contributed by atoms with E-state index < -0.39 is 15.7 Å². The predicted octanol–water partition coefficient (Wildman–Crippen LogP) is 2.47. The molecular weight excluding hydrogens is 154 g/mol. The van der Waals surface area contributed by atoms with Crippen molar-refractivity contribution in [2.45, 2.75) is 6.43 Å². The zero-order chi connectivity index (χ0) is 6.78. The summed E-state index contributed by atoms with van der Waals surface area (Å²) in [7, 11) is 4.03. The van der Waals surface area contributed by atoms with Gasteiger partial charge in [0, 0.05) is 0 Å². The molecule has 0 spiro atoms. The number of hydrogen-bond acceptors (Lipinski definition) is 0. The summed E-state index contributed by atoms with van der Waals surface area (Å²) >= 11 is 0. The molecule has 0 atom stereocenters. The fourth-order valence-corrected chi connectivity index (χ4v) is 1.18. The lowest BCUT2D eigenvalue weighted by molar-refractivity contribution is 0.176. The smallest absolute Gasteiger partial charge is 0.210 e. The Morgan fingerprint density at radius 2 is 1.88 bits per heavy atom. The maximum atomic E-state index is 11.5. The average Bonchev–Trinajstić information content (AvgIpc) is 1.21. The molecule has 0 N–H and O–H groups in total. The molecule has 0 fully saturated rings. The van der Waals surface area contributed by atoms with Crippen molar-refractivity contribution in [1.29, 1.82) is 0 Å². The fourth-order valence-electron chi connectivity index (χ4n) is 0.300.